The van der Waals surface area contributed by atoms with Crippen LogP contribution in [0.3, 0.4) is 0 Å². The summed E-state index contributed by atoms with van der Waals surface area (Å²) in [6.07, 6.45) is 6.20. The molecule has 2 rings (SSSR count). The highest BCUT2D eigenvalue weighted by Gasteiger charge is 2.30. The molecule has 0 aromatic carbocycles. The van der Waals surface area contributed by atoms with Crippen LogP contribution in [0.4, 0.5) is 0 Å². The number of halogens is 1. The van der Waals surface area contributed by atoms with Gasteiger partial charge in [0, 0.05) is 25.2 Å². The number of nitrogens with one attached hydrogen (secondary N) is 1. The molecule has 2 saturated heterocycles. The van der Waals surface area contributed by atoms with E-state index >= 15 is 0 Å². The maximum Gasteiger partial charge on any atom is 0.0351 e. The molecule has 76 valence electrons. The van der Waals surface area contributed by atoms with Gasteiger partial charge >= 0.3 is 0 Å². The van der Waals surface area contributed by atoms with E-state index in [0.29, 0.717) is 6.04 Å². The lowest BCUT2D eigenvalue weighted by Gasteiger charge is -2.44. The van der Waals surface area contributed by atoms with Crippen molar-refractivity contribution in [3.8, 4) is 0 Å². The Labute approximate surface area is 86.8 Å². The minimum absolute atomic E-state index is 0. The molecule has 2 aliphatic rings. The monoisotopic (exact) mass is 202 g/mol. The smallest absolute Gasteiger partial charge is 0.0351 e. The molecule has 0 bridgehead atoms. The molecule has 2 fully saturated rings. The molecule has 0 saturated carbocycles. The summed E-state index contributed by atoms with van der Waals surface area (Å²) in [5.74, 6) is 0. The van der Waals surface area contributed by atoms with E-state index in [9.17, 15) is 0 Å². The zero-order valence-corrected chi connectivity index (χ0v) is 8.85. The van der Waals surface area contributed by atoms with Gasteiger partial charge in [0.05, 0.1) is 0 Å². The second kappa shape index (κ2) is 4.99. The van der Waals surface area contributed by atoms with Crippen LogP contribution in [0.1, 0.15) is 19.3 Å². The number of piperidine rings is 1. The van der Waals surface area contributed by atoms with E-state index in [4.69, 9.17) is 0 Å². The summed E-state index contributed by atoms with van der Waals surface area (Å²) in [6.45, 7) is 7.56. The molecule has 2 nitrogen and oxygen atoms in total. The third kappa shape index (κ3) is 2.25. The van der Waals surface area contributed by atoms with E-state index in [-0.39, 0.29) is 12.4 Å². The molecule has 3 heteroatoms. The van der Waals surface area contributed by atoms with Gasteiger partial charge in [-0.1, -0.05) is 12.5 Å². The van der Waals surface area contributed by atoms with Crippen molar-refractivity contribution in [2.24, 2.45) is 0 Å². The van der Waals surface area contributed by atoms with Gasteiger partial charge in [0.25, 0.3) is 0 Å². The highest BCUT2D eigenvalue weighted by atomic mass is 35.5. The quantitative estimate of drug-likeness (QED) is 0.682. The van der Waals surface area contributed by atoms with Crippen LogP contribution >= 0.6 is 12.4 Å². The summed E-state index contributed by atoms with van der Waals surface area (Å²) in [7, 11) is 0. The molecule has 0 amide bonds. The Morgan fingerprint density at radius 3 is 2.62 bits per heavy atom. The van der Waals surface area contributed by atoms with Crippen LogP contribution < -0.4 is 5.32 Å². The van der Waals surface area contributed by atoms with E-state index in [1.807, 2.05) is 0 Å². The zero-order chi connectivity index (χ0) is 8.39. The molecule has 0 aromatic rings. The van der Waals surface area contributed by atoms with Crippen LogP contribution in [0.25, 0.3) is 0 Å². The first-order chi connectivity index (χ1) is 5.92. The van der Waals surface area contributed by atoms with Crippen molar-refractivity contribution < 1.29 is 0 Å². The predicted octanol–water partition coefficient (Wildman–Crippen LogP) is 1.42. The average molecular weight is 203 g/mol. The van der Waals surface area contributed by atoms with Gasteiger partial charge < -0.3 is 5.32 Å². The van der Waals surface area contributed by atoms with E-state index in [0.717, 1.165) is 6.04 Å². The lowest BCUT2D eigenvalue weighted by atomic mass is 9.98. The third-order valence-electron chi connectivity index (χ3n) is 3.09. The van der Waals surface area contributed by atoms with Crippen LogP contribution in [0, 0.1) is 0 Å². The maximum absolute atomic E-state index is 3.91. The topological polar surface area (TPSA) is 15.3 Å². The van der Waals surface area contributed by atoms with Gasteiger partial charge in [0.2, 0.25) is 0 Å². The van der Waals surface area contributed by atoms with Gasteiger partial charge in [0.1, 0.15) is 0 Å². The Hall–Kier alpha value is -0.0500. The summed E-state index contributed by atoms with van der Waals surface area (Å²) in [5, 5.41) is 3.33. The fourth-order valence-electron chi connectivity index (χ4n) is 2.19. The number of hydrogen-bond acceptors (Lipinski definition) is 2. The first kappa shape index (κ1) is 11.0. The molecule has 0 radical (unpaired) electrons. The van der Waals surface area contributed by atoms with Gasteiger partial charge in [-0.25, -0.2) is 0 Å². The molecule has 0 spiro atoms. The normalized spacial score (nSPS) is 30.3. The summed E-state index contributed by atoms with van der Waals surface area (Å²) >= 11 is 0. The second-order valence-electron chi connectivity index (χ2n) is 3.85. The minimum Gasteiger partial charge on any atom is -0.314 e. The molecule has 1 unspecified atom stereocenters. The lowest BCUT2D eigenvalue weighted by molar-refractivity contribution is 0.0875. The summed E-state index contributed by atoms with van der Waals surface area (Å²) in [5.41, 5.74) is 0. The minimum atomic E-state index is 0. The molecule has 0 aromatic heterocycles. The van der Waals surface area contributed by atoms with Crippen molar-refractivity contribution in [2.45, 2.75) is 31.3 Å². The van der Waals surface area contributed by atoms with Crippen molar-refractivity contribution >= 4 is 12.4 Å². The predicted molar refractivity (Wildman–Crippen MR) is 58.4 cm³/mol. The van der Waals surface area contributed by atoms with E-state index in [2.05, 4.69) is 22.9 Å². The zero-order valence-electron chi connectivity index (χ0n) is 8.04. The molecule has 13 heavy (non-hydrogen) atoms. The van der Waals surface area contributed by atoms with Crippen LogP contribution in [-0.2, 0) is 0 Å². The van der Waals surface area contributed by atoms with E-state index in [1.54, 1.807) is 0 Å². The fraction of sp³-hybridized carbons (Fsp3) is 0.800. The number of rotatable bonds is 2. The third-order valence-corrected chi connectivity index (χ3v) is 3.09. The van der Waals surface area contributed by atoms with Crippen molar-refractivity contribution in [1.82, 2.24) is 10.2 Å². The van der Waals surface area contributed by atoms with Crippen molar-refractivity contribution in [1.29, 1.82) is 0 Å². The van der Waals surface area contributed by atoms with Gasteiger partial charge in [-0.2, -0.15) is 0 Å². The average Bonchev–Trinajstić information content (AvgIpc) is 2.02. The largest absolute Gasteiger partial charge is 0.314 e. The molecule has 1 atom stereocenters. The standard InChI is InChI=1S/C10H18N2.ClH/c1-2-9-5-3-4-6-12(9)10-7-11-8-10;/h2,9-11H,1,3-8H2;1H. The fourth-order valence-corrected chi connectivity index (χ4v) is 2.19. The van der Waals surface area contributed by atoms with Crippen molar-refractivity contribution in [3.63, 3.8) is 0 Å². The van der Waals surface area contributed by atoms with Gasteiger partial charge in [-0.15, -0.1) is 19.0 Å². The second-order valence-corrected chi connectivity index (χ2v) is 3.85. The van der Waals surface area contributed by atoms with Gasteiger partial charge in [-0.05, 0) is 19.4 Å². The molecule has 0 aliphatic carbocycles. The first-order valence-electron chi connectivity index (χ1n) is 5.01. The Morgan fingerprint density at radius 1 is 1.31 bits per heavy atom. The highest BCUT2D eigenvalue weighted by molar-refractivity contribution is 5.85. The van der Waals surface area contributed by atoms with Crippen LogP contribution in [-0.4, -0.2) is 36.6 Å². The first-order valence-corrected chi connectivity index (χ1v) is 5.01. The summed E-state index contributed by atoms with van der Waals surface area (Å²) < 4.78 is 0. The number of likely N-dealkylation sites (tertiary alicyclic amines) is 1. The maximum atomic E-state index is 3.91. The Bertz CT molecular complexity index is 168. The molecular weight excluding hydrogens is 184 g/mol. The van der Waals surface area contributed by atoms with Crippen molar-refractivity contribution in [2.75, 3.05) is 19.6 Å². The van der Waals surface area contributed by atoms with E-state index in [1.165, 1.54) is 38.9 Å². The Kier molecular flexibility index (Phi) is 4.23. The summed E-state index contributed by atoms with van der Waals surface area (Å²) in [6, 6.07) is 1.46. The Morgan fingerprint density at radius 2 is 2.08 bits per heavy atom. The van der Waals surface area contributed by atoms with Crippen LogP contribution in [0.2, 0.25) is 0 Å². The number of hydrogen-bond donors (Lipinski definition) is 1. The van der Waals surface area contributed by atoms with Crippen molar-refractivity contribution in [3.05, 3.63) is 12.7 Å². The van der Waals surface area contributed by atoms with Crippen LogP contribution in [0.5, 0.6) is 0 Å². The van der Waals surface area contributed by atoms with Crippen LogP contribution in [0.15, 0.2) is 12.7 Å². The van der Waals surface area contributed by atoms with E-state index < -0.39 is 0 Å². The molecule has 2 aliphatic heterocycles. The summed E-state index contributed by atoms with van der Waals surface area (Å²) in [4.78, 5) is 2.62. The Balaban J connectivity index is 0.000000845. The lowest BCUT2D eigenvalue weighted by Crippen LogP contribution is -2.60. The molecular formula is C10H19ClN2. The highest BCUT2D eigenvalue weighted by Crippen LogP contribution is 2.21. The molecule has 1 N–H and O–H groups in total. The van der Waals surface area contributed by atoms with Gasteiger partial charge in [0.15, 0.2) is 0 Å². The molecule has 2 heterocycles. The number of nitrogens with zero attached hydrogens (tertiary/aromatic N) is 1. The SMILES string of the molecule is C=CC1CCCCN1C1CNC1.Cl. The van der Waals surface area contributed by atoms with Gasteiger partial charge in [-0.3, -0.25) is 4.90 Å².